The summed E-state index contributed by atoms with van der Waals surface area (Å²) in [5, 5.41) is 15.5. The van der Waals surface area contributed by atoms with Gasteiger partial charge in [-0.15, -0.1) is 0 Å². The molecule has 0 bridgehead atoms. The number of rotatable bonds is 4. The molecule has 0 saturated heterocycles. The van der Waals surface area contributed by atoms with Crippen molar-refractivity contribution in [3.8, 4) is 5.75 Å². The summed E-state index contributed by atoms with van der Waals surface area (Å²) in [5.74, 6) is 0.171. The SMILES string of the molecule is CC(=O)Nc1ccccc1CNc1ccc(O)cc1C. The zero-order valence-corrected chi connectivity index (χ0v) is 11.6. The van der Waals surface area contributed by atoms with E-state index in [4.69, 9.17) is 0 Å². The van der Waals surface area contributed by atoms with E-state index in [9.17, 15) is 9.90 Å². The molecule has 4 heteroatoms. The Labute approximate surface area is 118 Å². The molecule has 20 heavy (non-hydrogen) atoms. The van der Waals surface area contributed by atoms with Gasteiger partial charge in [0.05, 0.1) is 0 Å². The zero-order chi connectivity index (χ0) is 14.5. The summed E-state index contributed by atoms with van der Waals surface area (Å²) in [6.07, 6.45) is 0. The van der Waals surface area contributed by atoms with Crippen LogP contribution in [0.5, 0.6) is 5.75 Å². The molecule has 3 N–H and O–H groups in total. The van der Waals surface area contributed by atoms with Gasteiger partial charge in [-0.2, -0.15) is 0 Å². The van der Waals surface area contributed by atoms with Gasteiger partial charge in [0, 0.05) is 24.8 Å². The summed E-state index contributed by atoms with van der Waals surface area (Å²) in [4.78, 5) is 11.2. The van der Waals surface area contributed by atoms with E-state index in [0.29, 0.717) is 6.54 Å². The highest BCUT2D eigenvalue weighted by Crippen LogP contribution is 2.22. The van der Waals surface area contributed by atoms with Gasteiger partial charge in [-0.05, 0) is 42.3 Å². The normalized spacial score (nSPS) is 10.1. The van der Waals surface area contributed by atoms with Crippen molar-refractivity contribution in [2.75, 3.05) is 10.6 Å². The van der Waals surface area contributed by atoms with Crippen LogP contribution in [0.25, 0.3) is 0 Å². The molecule has 0 aliphatic carbocycles. The highest BCUT2D eigenvalue weighted by Gasteiger charge is 2.04. The molecule has 0 spiro atoms. The molecule has 0 aliphatic heterocycles. The Morgan fingerprint density at radius 2 is 1.90 bits per heavy atom. The predicted molar refractivity (Wildman–Crippen MR) is 80.9 cm³/mol. The molecule has 0 radical (unpaired) electrons. The minimum absolute atomic E-state index is 0.0849. The van der Waals surface area contributed by atoms with Crippen molar-refractivity contribution in [2.45, 2.75) is 20.4 Å². The van der Waals surface area contributed by atoms with E-state index in [-0.39, 0.29) is 11.7 Å². The molecule has 1 amide bonds. The highest BCUT2D eigenvalue weighted by molar-refractivity contribution is 5.89. The molecule has 0 fully saturated rings. The van der Waals surface area contributed by atoms with Crippen LogP contribution in [-0.2, 0) is 11.3 Å². The lowest BCUT2D eigenvalue weighted by molar-refractivity contribution is -0.114. The first-order valence-corrected chi connectivity index (χ1v) is 6.45. The van der Waals surface area contributed by atoms with E-state index in [0.717, 1.165) is 22.5 Å². The molecule has 0 aliphatic rings. The van der Waals surface area contributed by atoms with Crippen molar-refractivity contribution in [3.63, 3.8) is 0 Å². The van der Waals surface area contributed by atoms with Crippen LogP contribution in [0.1, 0.15) is 18.1 Å². The molecule has 2 rings (SSSR count). The fourth-order valence-electron chi connectivity index (χ4n) is 2.02. The van der Waals surface area contributed by atoms with Crippen molar-refractivity contribution in [1.82, 2.24) is 0 Å². The molecule has 0 heterocycles. The van der Waals surface area contributed by atoms with Gasteiger partial charge in [0.1, 0.15) is 5.75 Å². The van der Waals surface area contributed by atoms with Crippen LogP contribution in [0.4, 0.5) is 11.4 Å². The maximum absolute atomic E-state index is 11.2. The summed E-state index contributed by atoms with van der Waals surface area (Å²) in [6, 6.07) is 12.9. The lowest BCUT2D eigenvalue weighted by Crippen LogP contribution is -2.10. The first-order valence-electron chi connectivity index (χ1n) is 6.45. The molecule has 0 aromatic heterocycles. The second-order valence-electron chi connectivity index (χ2n) is 4.69. The van der Waals surface area contributed by atoms with E-state index < -0.39 is 0 Å². The maximum Gasteiger partial charge on any atom is 0.221 e. The second kappa shape index (κ2) is 6.10. The molecule has 0 saturated carbocycles. The van der Waals surface area contributed by atoms with Gasteiger partial charge in [-0.3, -0.25) is 4.79 Å². The first-order chi connectivity index (χ1) is 9.56. The summed E-state index contributed by atoms with van der Waals surface area (Å²) in [7, 11) is 0. The Morgan fingerprint density at radius 3 is 2.60 bits per heavy atom. The van der Waals surface area contributed by atoms with E-state index in [1.54, 1.807) is 12.1 Å². The number of hydrogen-bond acceptors (Lipinski definition) is 3. The van der Waals surface area contributed by atoms with Crippen molar-refractivity contribution in [3.05, 3.63) is 53.6 Å². The number of para-hydroxylation sites is 1. The van der Waals surface area contributed by atoms with Gasteiger partial charge in [-0.1, -0.05) is 18.2 Å². The number of aryl methyl sites for hydroxylation is 1. The number of benzene rings is 2. The maximum atomic E-state index is 11.2. The number of phenolic OH excluding ortho intramolecular Hbond substituents is 1. The van der Waals surface area contributed by atoms with Gasteiger partial charge < -0.3 is 15.7 Å². The van der Waals surface area contributed by atoms with Gasteiger partial charge in [0.15, 0.2) is 0 Å². The number of hydrogen-bond donors (Lipinski definition) is 3. The number of phenols is 1. The average Bonchev–Trinajstić information content (AvgIpc) is 2.39. The van der Waals surface area contributed by atoms with Crippen LogP contribution in [0.2, 0.25) is 0 Å². The van der Waals surface area contributed by atoms with E-state index >= 15 is 0 Å². The third-order valence-electron chi connectivity index (χ3n) is 3.01. The van der Waals surface area contributed by atoms with Crippen LogP contribution in [0, 0.1) is 6.92 Å². The Hall–Kier alpha value is -2.49. The fourth-order valence-corrected chi connectivity index (χ4v) is 2.02. The van der Waals surface area contributed by atoms with Crippen LogP contribution in [0.15, 0.2) is 42.5 Å². The third kappa shape index (κ3) is 3.51. The molecule has 104 valence electrons. The number of carbonyl (C=O) groups is 1. The number of aromatic hydroxyl groups is 1. The van der Waals surface area contributed by atoms with Crippen LogP contribution >= 0.6 is 0 Å². The van der Waals surface area contributed by atoms with Crippen molar-refractivity contribution < 1.29 is 9.90 Å². The second-order valence-corrected chi connectivity index (χ2v) is 4.69. The van der Waals surface area contributed by atoms with Gasteiger partial charge >= 0.3 is 0 Å². The number of anilines is 2. The number of carbonyl (C=O) groups excluding carboxylic acids is 1. The number of nitrogens with one attached hydrogen (secondary N) is 2. The summed E-state index contributed by atoms with van der Waals surface area (Å²) >= 11 is 0. The summed E-state index contributed by atoms with van der Waals surface area (Å²) in [5.41, 5.74) is 3.75. The largest absolute Gasteiger partial charge is 0.508 e. The first kappa shape index (κ1) is 13.9. The Morgan fingerprint density at radius 1 is 1.15 bits per heavy atom. The van der Waals surface area contributed by atoms with Crippen LogP contribution in [-0.4, -0.2) is 11.0 Å². The third-order valence-corrected chi connectivity index (χ3v) is 3.01. The molecule has 2 aromatic rings. The average molecular weight is 270 g/mol. The van der Waals surface area contributed by atoms with Crippen LogP contribution in [0.3, 0.4) is 0 Å². The zero-order valence-electron chi connectivity index (χ0n) is 11.6. The molecule has 0 atom stereocenters. The Bertz CT molecular complexity index is 624. The van der Waals surface area contributed by atoms with Gasteiger partial charge in [0.2, 0.25) is 5.91 Å². The molecule has 2 aromatic carbocycles. The number of amides is 1. The Balaban J connectivity index is 2.12. The smallest absolute Gasteiger partial charge is 0.221 e. The monoisotopic (exact) mass is 270 g/mol. The molecule has 0 unspecified atom stereocenters. The lowest BCUT2D eigenvalue weighted by Gasteiger charge is -2.13. The summed E-state index contributed by atoms with van der Waals surface area (Å²) in [6.45, 7) is 4.03. The van der Waals surface area contributed by atoms with Gasteiger partial charge in [-0.25, -0.2) is 0 Å². The van der Waals surface area contributed by atoms with Gasteiger partial charge in [0.25, 0.3) is 0 Å². The molecular formula is C16H18N2O2. The highest BCUT2D eigenvalue weighted by atomic mass is 16.3. The van der Waals surface area contributed by atoms with E-state index in [1.807, 2.05) is 37.3 Å². The predicted octanol–water partition coefficient (Wildman–Crippen LogP) is 3.27. The topological polar surface area (TPSA) is 61.4 Å². The minimum atomic E-state index is -0.0849. The van der Waals surface area contributed by atoms with Crippen LogP contribution < -0.4 is 10.6 Å². The lowest BCUT2D eigenvalue weighted by atomic mass is 10.1. The molecular weight excluding hydrogens is 252 g/mol. The quantitative estimate of drug-likeness (QED) is 0.747. The van der Waals surface area contributed by atoms with Crippen molar-refractivity contribution >= 4 is 17.3 Å². The standard InChI is InChI=1S/C16H18N2O2/c1-11-9-14(20)7-8-15(11)17-10-13-5-3-4-6-16(13)18-12(2)19/h3-9,17,20H,10H2,1-2H3,(H,18,19). The minimum Gasteiger partial charge on any atom is -0.508 e. The molecule has 4 nitrogen and oxygen atoms in total. The van der Waals surface area contributed by atoms with Crippen molar-refractivity contribution in [2.24, 2.45) is 0 Å². The van der Waals surface area contributed by atoms with E-state index in [1.165, 1.54) is 6.92 Å². The van der Waals surface area contributed by atoms with Crippen molar-refractivity contribution in [1.29, 1.82) is 0 Å². The fraction of sp³-hybridized carbons (Fsp3) is 0.188. The Kier molecular flexibility index (Phi) is 4.25. The van der Waals surface area contributed by atoms with E-state index in [2.05, 4.69) is 10.6 Å². The summed E-state index contributed by atoms with van der Waals surface area (Å²) < 4.78 is 0.